The highest BCUT2D eigenvalue weighted by Crippen LogP contribution is 2.22. The van der Waals surface area contributed by atoms with Crippen molar-refractivity contribution in [3.05, 3.63) is 41.3 Å². The largest absolute Gasteiger partial charge is 0.441 e. The van der Waals surface area contributed by atoms with Gasteiger partial charge in [0.05, 0.1) is 5.69 Å². The lowest BCUT2D eigenvalue weighted by Gasteiger charge is -1.95. The molecule has 1 aromatic heterocycles. The van der Waals surface area contributed by atoms with E-state index in [1.165, 1.54) is 5.56 Å². The Morgan fingerprint density at radius 3 is 2.53 bits per heavy atom. The number of nitrogens with zero attached hydrogens (tertiary/aromatic N) is 1. The second kappa shape index (κ2) is 5.15. The van der Waals surface area contributed by atoms with E-state index in [0.717, 1.165) is 29.9 Å². The first-order valence-electron chi connectivity index (χ1n) is 5.85. The molecule has 17 heavy (non-hydrogen) atoms. The van der Waals surface area contributed by atoms with Crippen LogP contribution in [0.4, 0.5) is 0 Å². The van der Waals surface area contributed by atoms with Crippen LogP contribution in [0.25, 0.3) is 11.5 Å². The maximum Gasteiger partial charge on any atom is 0.226 e. The van der Waals surface area contributed by atoms with E-state index in [0.29, 0.717) is 5.89 Å². The first-order valence-corrected chi connectivity index (χ1v) is 5.85. The van der Waals surface area contributed by atoms with Crippen LogP contribution < -0.4 is 0 Å². The molecule has 0 bridgehead atoms. The third-order valence-electron chi connectivity index (χ3n) is 2.76. The number of benzene rings is 1. The highest BCUT2D eigenvalue weighted by atomic mass is 16.4. The summed E-state index contributed by atoms with van der Waals surface area (Å²) in [7, 11) is 0. The van der Waals surface area contributed by atoms with Gasteiger partial charge in [-0.3, -0.25) is 0 Å². The van der Waals surface area contributed by atoms with Crippen molar-refractivity contribution in [3.63, 3.8) is 0 Å². The van der Waals surface area contributed by atoms with E-state index in [2.05, 4.69) is 11.9 Å². The first kappa shape index (κ1) is 11.9. The van der Waals surface area contributed by atoms with Gasteiger partial charge in [-0.2, -0.15) is 0 Å². The normalized spacial score (nSPS) is 10.8. The Bertz CT molecular complexity index is 485. The molecule has 0 radical (unpaired) electrons. The Morgan fingerprint density at radius 1 is 1.18 bits per heavy atom. The molecule has 0 aliphatic heterocycles. The van der Waals surface area contributed by atoms with E-state index in [1.807, 2.05) is 31.2 Å². The second-order valence-electron chi connectivity index (χ2n) is 4.22. The fraction of sp³-hybridized carbons (Fsp3) is 0.357. The lowest BCUT2D eigenvalue weighted by Crippen LogP contribution is -1.91. The summed E-state index contributed by atoms with van der Waals surface area (Å²) in [6.45, 7) is 4.15. The van der Waals surface area contributed by atoms with Crippen LogP contribution in [0.2, 0.25) is 0 Å². The van der Waals surface area contributed by atoms with Crippen LogP contribution in [-0.4, -0.2) is 16.7 Å². The predicted molar refractivity (Wildman–Crippen MR) is 66.8 cm³/mol. The van der Waals surface area contributed by atoms with Crippen LogP contribution in [0.5, 0.6) is 0 Å². The lowest BCUT2D eigenvalue weighted by molar-refractivity contribution is 0.288. The molecule has 0 atom stereocenters. The van der Waals surface area contributed by atoms with Crippen LogP contribution in [0.1, 0.15) is 23.4 Å². The molecule has 0 saturated carbocycles. The van der Waals surface area contributed by atoms with Crippen molar-refractivity contribution < 1.29 is 9.52 Å². The topological polar surface area (TPSA) is 46.3 Å². The molecule has 1 aromatic carbocycles. The van der Waals surface area contributed by atoms with Gasteiger partial charge in [0.25, 0.3) is 0 Å². The number of aliphatic hydroxyl groups is 1. The third-order valence-corrected chi connectivity index (χ3v) is 2.76. The van der Waals surface area contributed by atoms with E-state index in [9.17, 15) is 0 Å². The molecular formula is C14H17NO2. The number of aliphatic hydroxyl groups excluding tert-OH is 1. The predicted octanol–water partition coefficient (Wildman–Crippen LogP) is 2.88. The Labute approximate surface area is 101 Å². The fourth-order valence-corrected chi connectivity index (χ4v) is 1.73. The number of oxazole rings is 1. The van der Waals surface area contributed by atoms with Crippen LogP contribution in [-0.2, 0) is 6.42 Å². The molecule has 0 fully saturated rings. The number of aryl methyl sites for hydroxylation is 3. The van der Waals surface area contributed by atoms with Gasteiger partial charge >= 0.3 is 0 Å². The molecule has 1 N–H and O–H groups in total. The van der Waals surface area contributed by atoms with E-state index < -0.39 is 0 Å². The van der Waals surface area contributed by atoms with Crippen molar-refractivity contribution in [1.82, 2.24) is 4.98 Å². The van der Waals surface area contributed by atoms with Gasteiger partial charge < -0.3 is 9.52 Å². The summed E-state index contributed by atoms with van der Waals surface area (Å²) in [4.78, 5) is 4.47. The van der Waals surface area contributed by atoms with E-state index in [1.54, 1.807) is 0 Å². The molecule has 1 heterocycles. The van der Waals surface area contributed by atoms with Crippen molar-refractivity contribution in [3.8, 4) is 11.5 Å². The average Bonchev–Trinajstić information content (AvgIpc) is 2.69. The Balaban J connectivity index is 2.24. The number of hydrogen-bond donors (Lipinski definition) is 1. The Hall–Kier alpha value is -1.61. The maximum absolute atomic E-state index is 8.81. The van der Waals surface area contributed by atoms with Crippen LogP contribution in [0.3, 0.4) is 0 Å². The number of rotatable bonds is 4. The smallest absolute Gasteiger partial charge is 0.226 e. The van der Waals surface area contributed by atoms with Gasteiger partial charge in [-0.1, -0.05) is 17.7 Å². The molecule has 3 nitrogen and oxygen atoms in total. The minimum Gasteiger partial charge on any atom is -0.441 e. The number of aromatic nitrogens is 1. The monoisotopic (exact) mass is 231 g/mol. The molecule has 2 aromatic rings. The molecule has 0 spiro atoms. The summed E-state index contributed by atoms with van der Waals surface area (Å²) < 4.78 is 5.64. The lowest BCUT2D eigenvalue weighted by atomic mass is 10.1. The highest BCUT2D eigenvalue weighted by molar-refractivity contribution is 5.54. The summed E-state index contributed by atoms with van der Waals surface area (Å²) >= 11 is 0. The van der Waals surface area contributed by atoms with E-state index >= 15 is 0 Å². The van der Waals surface area contributed by atoms with Crippen molar-refractivity contribution in [2.24, 2.45) is 0 Å². The van der Waals surface area contributed by atoms with Crippen LogP contribution >= 0.6 is 0 Å². The Morgan fingerprint density at radius 2 is 1.88 bits per heavy atom. The standard InChI is InChI=1S/C14H17NO2/c1-10-5-7-12(8-6-10)14-15-13(4-3-9-16)11(2)17-14/h5-8,16H,3-4,9H2,1-2H3. The van der Waals surface area contributed by atoms with E-state index in [-0.39, 0.29) is 6.61 Å². The summed E-state index contributed by atoms with van der Waals surface area (Å²) in [6, 6.07) is 8.11. The van der Waals surface area contributed by atoms with Gasteiger partial charge in [0.15, 0.2) is 0 Å². The third kappa shape index (κ3) is 2.74. The molecular weight excluding hydrogens is 214 g/mol. The SMILES string of the molecule is Cc1ccc(-c2nc(CCCO)c(C)o2)cc1. The quantitative estimate of drug-likeness (QED) is 0.880. The minimum absolute atomic E-state index is 0.187. The van der Waals surface area contributed by atoms with Crippen LogP contribution in [0, 0.1) is 13.8 Å². The van der Waals surface area contributed by atoms with Gasteiger partial charge in [0, 0.05) is 12.2 Å². The minimum atomic E-state index is 0.187. The highest BCUT2D eigenvalue weighted by Gasteiger charge is 2.10. The summed E-state index contributed by atoms with van der Waals surface area (Å²) in [5.74, 6) is 1.50. The zero-order chi connectivity index (χ0) is 12.3. The average molecular weight is 231 g/mol. The zero-order valence-corrected chi connectivity index (χ0v) is 10.2. The van der Waals surface area contributed by atoms with Crippen molar-refractivity contribution >= 4 is 0 Å². The fourth-order valence-electron chi connectivity index (χ4n) is 1.73. The molecule has 0 amide bonds. The summed E-state index contributed by atoms with van der Waals surface area (Å²) in [5.41, 5.74) is 3.15. The van der Waals surface area contributed by atoms with Crippen molar-refractivity contribution in [2.45, 2.75) is 26.7 Å². The van der Waals surface area contributed by atoms with Crippen LogP contribution in [0.15, 0.2) is 28.7 Å². The second-order valence-corrected chi connectivity index (χ2v) is 4.22. The molecule has 2 rings (SSSR count). The van der Waals surface area contributed by atoms with Gasteiger partial charge in [0.1, 0.15) is 5.76 Å². The first-order chi connectivity index (χ1) is 8.20. The summed E-state index contributed by atoms with van der Waals surface area (Å²) in [6.07, 6.45) is 1.48. The molecule has 3 heteroatoms. The molecule has 0 aliphatic carbocycles. The molecule has 90 valence electrons. The summed E-state index contributed by atoms with van der Waals surface area (Å²) in [5, 5.41) is 8.81. The maximum atomic E-state index is 8.81. The van der Waals surface area contributed by atoms with E-state index in [4.69, 9.17) is 9.52 Å². The van der Waals surface area contributed by atoms with Gasteiger partial charge in [-0.05, 0) is 38.8 Å². The Kier molecular flexibility index (Phi) is 3.59. The van der Waals surface area contributed by atoms with Gasteiger partial charge in [-0.25, -0.2) is 4.98 Å². The van der Waals surface area contributed by atoms with Crippen molar-refractivity contribution in [2.75, 3.05) is 6.61 Å². The van der Waals surface area contributed by atoms with Gasteiger partial charge in [0.2, 0.25) is 5.89 Å². The number of hydrogen-bond acceptors (Lipinski definition) is 3. The zero-order valence-electron chi connectivity index (χ0n) is 10.2. The molecule has 0 unspecified atom stereocenters. The molecule has 0 saturated heterocycles. The molecule has 0 aliphatic rings. The van der Waals surface area contributed by atoms with Gasteiger partial charge in [-0.15, -0.1) is 0 Å². The van der Waals surface area contributed by atoms with Crippen molar-refractivity contribution in [1.29, 1.82) is 0 Å².